The van der Waals surface area contributed by atoms with Crippen molar-refractivity contribution < 1.29 is 19.1 Å². The van der Waals surface area contributed by atoms with Gasteiger partial charge in [-0.05, 0) is 29.7 Å². The van der Waals surface area contributed by atoms with E-state index < -0.39 is 24.5 Å². The van der Waals surface area contributed by atoms with Crippen LogP contribution in [0.4, 0.5) is 10.5 Å². The van der Waals surface area contributed by atoms with E-state index in [0.717, 1.165) is 10.1 Å². The highest BCUT2D eigenvalue weighted by atomic mass is 32.1. The van der Waals surface area contributed by atoms with Gasteiger partial charge in [-0.3, -0.25) is 10.1 Å². The second-order valence-corrected chi connectivity index (χ2v) is 6.18. The molecule has 1 aromatic heterocycles. The zero-order valence-electron chi connectivity index (χ0n) is 13.0. The average molecular weight is 354 g/mol. The first-order valence-electron chi connectivity index (χ1n) is 7.43. The van der Waals surface area contributed by atoms with Crippen LogP contribution in [0.3, 0.4) is 0 Å². The Bertz CT molecular complexity index is 888. The number of ether oxygens (including phenoxy) is 1. The van der Waals surface area contributed by atoms with Gasteiger partial charge in [0.15, 0.2) is 6.61 Å². The molecule has 0 atom stereocenters. The molecule has 3 amide bonds. The van der Waals surface area contributed by atoms with E-state index in [4.69, 9.17) is 4.74 Å². The van der Waals surface area contributed by atoms with Gasteiger partial charge in [0.05, 0.1) is 0 Å². The maximum Gasteiger partial charge on any atom is 0.348 e. The molecule has 126 valence electrons. The molecule has 25 heavy (non-hydrogen) atoms. The fourth-order valence-corrected chi connectivity index (χ4v) is 3.09. The van der Waals surface area contributed by atoms with Crippen LogP contribution in [0.5, 0.6) is 0 Å². The maximum atomic E-state index is 12.0. The number of urea groups is 1. The van der Waals surface area contributed by atoms with E-state index in [1.54, 1.807) is 30.3 Å². The molecule has 0 saturated carbocycles. The number of carbonyl (C=O) groups is 3. The monoisotopic (exact) mass is 354 g/mol. The molecular weight excluding hydrogens is 340 g/mol. The predicted octanol–water partition coefficient (Wildman–Crippen LogP) is 3.41. The van der Waals surface area contributed by atoms with Gasteiger partial charge in [0.2, 0.25) is 0 Å². The third-order valence-electron chi connectivity index (χ3n) is 3.25. The van der Waals surface area contributed by atoms with E-state index >= 15 is 0 Å². The number of anilines is 1. The third kappa shape index (κ3) is 4.42. The predicted molar refractivity (Wildman–Crippen MR) is 95.7 cm³/mol. The number of thiophene rings is 1. The van der Waals surface area contributed by atoms with Gasteiger partial charge in [0, 0.05) is 10.4 Å². The Morgan fingerprint density at radius 2 is 1.68 bits per heavy atom. The molecule has 3 aromatic rings. The molecule has 0 aliphatic rings. The van der Waals surface area contributed by atoms with Crippen LogP contribution in [0.25, 0.3) is 10.1 Å². The second kappa shape index (κ2) is 7.59. The Morgan fingerprint density at radius 1 is 0.960 bits per heavy atom. The van der Waals surface area contributed by atoms with Gasteiger partial charge >= 0.3 is 12.0 Å². The largest absolute Gasteiger partial charge is 0.451 e. The van der Waals surface area contributed by atoms with Crippen molar-refractivity contribution in [3.63, 3.8) is 0 Å². The summed E-state index contributed by atoms with van der Waals surface area (Å²) in [6.07, 6.45) is 0. The van der Waals surface area contributed by atoms with Gasteiger partial charge < -0.3 is 10.1 Å². The molecule has 0 aliphatic heterocycles. The van der Waals surface area contributed by atoms with Crippen LogP contribution >= 0.6 is 11.3 Å². The van der Waals surface area contributed by atoms with Gasteiger partial charge in [-0.1, -0.05) is 36.4 Å². The molecule has 0 bridgehead atoms. The first-order valence-corrected chi connectivity index (χ1v) is 8.25. The Morgan fingerprint density at radius 3 is 2.44 bits per heavy atom. The fourth-order valence-electron chi connectivity index (χ4n) is 2.13. The smallest absolute Gasteiger partial charge is 0.348 e. The molecule has 0 radical (unpaired) electrons. The van der Waals surface area contributed by atoms with Crippen LogP contribution < -0.4 is 10.6 Å². The number of hydrogen-bond acceptors (Lipinski definition) is 5. The number of nitrogens with one attached hydrogen (secondary N) is 2. The van der Waals surface area contributed by atoms with Crippen molar-refractivity contribution >= 4 is 45.0 Å². The molecule has 0 unspecified atom stereocenters. The third-order valence-corrected chi connectivity index (χ3v) is 4.34. The zero-order chi connectivity index (χ0) is 17.6. The Hall–Kier alpha value is -3.19. The summed E-state index contributed by atoms with van der Waals surface area (Å²) in [7, 11) is 0. The fraction of sp³-hybridized carbons (Fsp3) is 0.0556. The van der Waals surface area contributed by atoms with E-state index in [1.807, 2.05) is 30.3 Å². The zero-order valence-corrected chi connectivity index (χ0v) is 13.8. The minimum atomic E-state index is -0.706. The summed E-state index contributed by atoms with van der Waals surface area (Å²) < 4.78 is 5.91. The summed E-state index contributed by atoms with van der Waals surface area (Å²) in [5.41, 5.74) is 0.551. The van der Waals surface area contributed by atoms with Gasteiger partial charge in [-0.25, -0.2) is 9.59 Å². The van der Waals surface area contributed by atoms with Crippen molar-refractivity contribution in [1.82, 2.24) is 5.32 Å². The van der Waals surface area contributed by atoms with Crippen LogP contribution in [-0.2, 0) is 9.53 Å². The van der Waals surface area contributed by atoms with E-state index in [0.29, 0.717) is 10.6 Å². The molecule has 0 saturated heterocycles. The number of hydrogen-bond donors (Lipinski definition) is 2. The standard InChI is InChI=1S/C18H14N2O4S/c21-16(20-18(23)19-13-7-2-1-3-8-13)11-24-17(22)15-10-12-6-4-5-9-14(12)25-15/h1-10H,11H2,(H2,19,20,21,23). The highest BCUT2D eigenvalue weighted by Gasteiger charge is 2.15. The summed E-state index contributed by atoms with van der Waals surface area (Å²) >= 11 is 1.29. The lowest BCUT2D eigenvalue weighted by molar-refractivity contribution is -0.123. The number of amides is 3. The molecule has 0 spiro atoms. The van der Waals surface area contributed by atoms with E-state index in [2.05, 4.69) is 10.6 Å². The van der Waals surface area contributed by atoms with E-state index in [9.17, 15) is 14.4 Å². The lowest BCUT2D eigenvalue weighted by atomic mass is 10.2. The topological polar surface area (TPSA) is 84.5 Å². The van der Waals surface area contributed by atoms with Gasteiger partial charge in [-0.15, -0.1) is 11.3 Å². The highest BCUT2D eigenvalue weighted by Crippen LogP contribution is 2.25. The summed E-state index contributed by atoms with van der Waals surface area (Å²) in [5.74, 6) is -1.30. The Balaban J connectivity index is 1.49. The summed E-state index contributed by atoms with van der Waals surface area (Å²) in [6, 6.07) is 17.3. The first-order chi connectivity index (χ1) is 12.1. The minimum Gasteiger partial charge on any atom is -0.451 e. The van der Waals surface area contributed by atoms with Crippen molar-refractivity contribution in [3.05, 3.63) is 65.5 Å². The maximum absolute atomic E-state index is 12.0. The second-order valence-electron chi connectivity index (χ2n) is 5.09. The Kier molecular flexibility index (Phi) is 5.06. The molecule has 2 N–H and O–H groups in total. The first kappa shape index (κ1) is 16.7. The summed E-state index contributed by atoms with van der Waals surface area (Å²) in [4.78, 5) is 35.8. The lowest BCUT2D eigenvalue weighted by Crippen LogP contribution is -2.37. The number of carbonyl (C=O) groups excluding carboxylic acids is 3. The highest BCUT2D eigenvalue weighted by molar-refractivity contribution is 7.20. The molecule has 0 aliphatic carbocycles. The molecule has 6 nitrogen and oxygen atoms in total. The van der Waals surface area contributed by atoms with Crippen molar-refractivity contribution in [2.45, 2.75) is 0 Å². The van der Waals surface area contributed by atoms with Crippen LogP contribution in [-0.4, -0.2) is 24.5 Å². The number of para-hydroxylation sites is 1. The summed E-state index contributed by atoms with van der Waals surface area (Å²) in [5, 5.41) is 5.54. The van der Waals surface area contributed by atoms with Gasteiger partial charge in [0.1, 0.15) is 4.88 Å². The van der Waals surface area contributed by atoms with Gasteiger partial charge in [0.25, 0.3) is 5.91 Å². The van der Waals surface area contributed by atoms with Crippen molar-refractivity contribution in [2.75, 3.05) is 11.9 Å². The molecule has 0 fully saturated rings. The van der Waals surface area contributed by atoms with Crippen LogP contribution in [0.15, 0.2) is 60.7 Å². The van der Waals surface area contributed by atoms with E-state index in [-0.39, 0.29) is 0 Å². The van der Waals surface area contributed by atoms with Gasteiger partial charge in [-0.2, -0.15) is 0 Å². The lowest BCUT2D eigenvalue weighted by Gasteiger charge is -2.06. The number of esters is 1. The van der Waals surface area contributed by atoms with Crippen molar-refractivity contribution in [2.24, 2.45) is 0 Å². The molecule has 7 heteroatoms. The van der Waals surface area contributed by atoms with Crippen molar-refractivity contribution in [1.29, 1.82) is 0 Å². The quantitative estimate of drug-likeness (QED) is 0.703. The van der Waals surface area contributed by atoms with Crippen LogP contribution in [0.1, 0.15) is 9.67 Å². The van der Waals surface area contributed by atoms with Crippen molar-refractivity contribution in [3.8, 4) is 0 Å². The van der Waals surface area contributed by atoms with Crippen LogP contribution in [0, 0.1) is 0 Å². The number of benzene rings is 2. The summed E-state index contributed by atoms with van der Waals surface area (Å²) in [6.45, 7) is -0.532. The molecule has 2 aromatic carbocycles. The normalized spacial score (nSPS) is 10.2. The minimum absolute atomic E-state index is 0.405. The molecule has 3 rings (SSSR count). The molecule has 1 heterocycles. The van der Waals surface area contributed by atoms with Crippen LogP contribution in [0.2, 0.25) is 0 Å². The Labute approximate surface area is 147 Å². The van der Waals surface area contributed by atoms with E-state index in [1.165, 1.54) is 11.3 Å². The number of fused-ring (bicyclic) bond motifs is 1. The molecular formula is C18H14N2O4S. The number of imide groups is 1. The SMILES string of the molecule is O=C(COC(=O)c1cc2ccccc2s1)NC(=O)Nc1ccccc1. The number of rotatable bonds is 4. The average Bonchev–Trinajstić information content (AvgIpc) is 3.04.